The molecule has 14 heavy (non-hydrogen) atoms. The van der Waals surface area contributed by atoms with Gasteiger partial charge in [-0.2, -0.15) is 17.4 Å². The summed E-state index contributed by atoms with van der Waals surface area (Å²) >= 11 is -1.31. The monoisotopic (exact) mass is 213 g/mol. The van der Waals surface area contributed by atoms with E-state index in [-0.39, 0.29) is 0 Å². The summed E-state index contributed by atoms with van der Waals surface area (Å²) in [7, 11) is 1.81. The quantitative estimate of drug-likeness (QED) is 0.458. The van der Waals surface area contributed by atoms with Gasteiger partial charge in [0.15, 0.2) is 0 Å². The third-order valence-electron chi connectivity index (χ3n) is 2.30. The van der Waals surface area contributed by atoms with E-state index < -0.39 is 13.1 Å². The molecule has 1 atom stereocenters. The predicted octanol–water partition coefficient (Wildman–Crippen LogP) is 4.02. The number of unbranched alkanes of at least 4 members (excludes halogenated alkanes) is 2. The zero-order valence-corrected chi connectivity index (χ0v) is 11.7. The van der Waals surface area contributed by atoms with E-state index in [1.54, 1.807) is 0 Å². The lowest BCUT2D eigenvalue weighted by Crippen LogP contribution is -2.17. The first-order valence-electron chi connectivity index (χ1n) is 5.99. The minimum atomic E-state index is -1.31. The van der Waals surface area contributed by atoms with Crippen LogP contribution in [-0.4, -0.2) is 26.3 Å². The van der Waals surface area contributed by atoms with Crippen molar-refractivity contribution in [2.45, 2.75) is 56.1 Å². The zero-order chi connectivity index (χ0) is 11.0. The van der Waals surface area contributed by atoms with Crippen LogP contribution in [0.3, 0.4) is 0 Å². The van der Waals surface area contributed by atoms with Crippen LogP contribution in [0.5, 0.6) is 0 Å². The lowest BCUT2D eigenvalue weighted by Gasteiger charge is -2.16. The van der Waals surface area contributed by atoms with Crippen molar-refractivity contribution in [3.05, 3.63) is 11.0 Å². The predicted molar refractivity (Wildman–Crippen MR) is 67.4 cm³/mol. The van der Waals surface area contributed by atoms with Crippen LogP contribution in [0.2, 0.25) is 17.4 Å². The molecule has 0 aromatic carbocycles. The Morgan fingerprint density at radius 2 is 1.86 bits per heavy atom. The largest absolute Gasteiger partial charge is 0.378 e. The smallest absolute Gasteiger partial charge is 0.149 e. The minimum absolute atomic E-state index is 0.348. The second kappa shape index (κ2) is 7.51. The summed E-state index contributed by atoms with van der Waals surface area (Å²) in [5.74, 6) is 7.13. The van der Waals surface area contributed by atoms with Crippen molar-refractivity contribution in [1.29, 1.82) is 0 Å². The molecule has 0 bridgehead atoms. The van der Waals surface area contributed by atoms with Gasteiger partial charge in [-0.05, 0) is 6.42 Å². The van der Waals surface area contributed by atoms with Gasteiger partial charge in [0.1, 0.15) is 13.1 Å². The first kappa shape index (κ1) is 14.2. The van der Waals surface area contributed by atoms with Crippen molar-refractivity contribution >= 4 is 13.1 Å². The van der Waals surface area contributed by atoms with Gasteiger partial charge < -0.3 is 4.74 Å². The molecule has 2 heteroatoms. The van der Waals surface area contributed by atoms with E-state index in [1.807, 2.05) is 7.11 Å². The van der Waals surface area contributed by atoms with E-state index in [0.29, 0.717) is 6.10 Å². The van der Waals surface area contributed by atoms with Crippen LogP contribution in [0.1, 0.15) is 32.6 Å². The average molecular weight is 213 g/mol. The molecule has 0 aliphatic heterocycles. The number of hydrogen-bond donors (Lipinski definition) is 0. The molecule has 0 aromatic rings. The van der Waals surface area contributed by atoms with E-state index in [4.69, 9.17) is 4.74 Å². The summed E-state index contributed by atoms with van der Waals surface area (Å²) in [5, 5.41) is 0. The third kappa shape index (κ3) is 8.81. The van der Waals surface area contributed by atoms with Gasteiger partial charge in [-0.1, -0.05) is 26.2 Å². The molecule has 0 amide bonds. The van der Waals surface area contributed by atoms with E-state index in [2.05, 4.69) is 35.3 Å². The van der Waals surface area contributed by atoms with Crippen molar-refractivity contribution in [1.82, 2.24) is 0 Å². The highest BCUT2D eigenvalue weighted by atomic mass is 27.2. The van der Waals surface area contributed by atoms with Gasteiger partial charge in [-0.3, -0.25) is 4.94 Å². The standard InChI is InChI=1S/C9H17O.3CH3.Al/c1-4-6-7-8-9(5-2)10-3;;;;/h2,5,9H,4,6-8H2,1,3H3;3*1H3;/q;;;;-1. The van der Waals surface area contributed by atoms with Crippen LogP contribution in [-0.2, 0) is 4.74 Å². The molecule has 0 saturated heterocycles. The van der Waals surface area contributed by atoms with Gasteiger partial charge in [-0.25, -0.2) is 0 Å². The van der Waals surface area contributed by atoms with Crippen LogP contribution in [0.4, 0.5) is 0 Å². The summed E-state index contributed by atoms with van der Waals surface area (Å²) in [6, 6.07) is 0. The normalized spacial score (nSPS) is 14.9. The maximum absolute atomic E-state index is 5.43. The molecule has 1 unspecified atom stereocenters. The maximum atomic E-state index is 5.43. The molecule has 84 valence electrons. The van der Waals surface area contributed by atoms with Gasteiger partial charge in [0, 0.05) is 7.11 Å². The van der Waals surface area contributed by atoms with Crippen molar-refractivity contribution in [3.8, 4) is 0 Å². The third-order valence-corrected chi connectivity index (χ3v) is 3.67. The average Bonchev–Trinajstić information content (AvgIpc) is 2.09. The second-order valence-corrected chi connectivity index (χ2v) is 11.2. The molecular weight excluding hydrogens is 187 g/mol. The molecular formula is C12H26AlO-. The molecule has 0 heterocycles. The molecule has 0 aliphatic rings. The molecule has 0 fully saturated rings. The first-order valence-corrected chi connectivity index (χ1v) is 10.1. The van der Waals surface area contributed by atoms with Crippen LogP contribution in [0.25, 0.3) is 0 Å². The highest BCUT2D eigenvalue weighted by Gasteiger charge is 2.07. The Balaban J connectivity index is 3.84. The Morgan fingerprint density at radius 3 is 2.29 bits per heavy atom. The van der Waals surface area contributed by atoms with Gasteiger partial charge in [-0.15, -0.1) is 6.08 Å². The van der Waals surface area contributed by atoms with E-state index in [0.717, 1.165) is 0 Å². The Labute approximate surface area is 92.2 Å². The molecule has 0 spiro atoms. The van der Waals surface area contributed by atoms with Crippen molar-refractivity contribution in [2.24, 2.45) is 0 Å². The summed E-state index contributed by atoms with van der Waals surface area (Å²) in [6.45, 7) is 2.24. The fourth-order valence-electron chi connectivity index (χ4n) is 1.35. The number of hydrogen-bond acceptors (Lipinski definition) is 1. The molecule has 0 aliphatic carbocycles. The van der Waals surface area contributed by atoms with Crippen LogP contribution in [0, 0.1) is 0 Å². The fourth-order valence-corrected chi connectivity index (χ4v) is 2.26. The highest BCUT2D eigenvalue weighted by molar-refractivity contribution is 6.80. The summed E-state index contributed by atoms with van der Waals surface area (Å²) in [4.78, 5) is 2.41. The maximum Gasteiger partial charge on any atom is 0.149 e. The molecule has 0 rings (SSSR count). The Morgan fingerprint density at radius 1 is 1.21 bits per heavy atom. The van der Waals surface area contributed by atoms with Gasteiger partial charge in [0.2, 0.25) is 0 Å². The van der Waals surface area contributed by atoms with Gasteiger partial charge >= 0.3 is 0 Å². The molecule has 0 radical (unpaired) electrons. The number of ether oxygens (including phenoxy) is 1. The molecule has 0 aromatic heterocycles. The zero-order valence-electron chi connectivity index (χ0n) is 10.5. The van der Waals surface area contributed by atoms with Crippen molar-refractivity contribution in [2.75, 3.05) is 7.11 Å². The second-order valence-electron chi connectivity index (χ2n) is 5.39. The van der Waals surface area contributed by atoms with Crippen LogP contribution >= 0.6 is 0 Å². The SMILES string of the molecule is CCCCCC(/C=[CH]/[Al-]([CH3])([CH3])[CH3])OC. The number of methoxy groups -OCH3 is 1. The highest BCUT2D eigenvalue weighted by Crippen LogP contribution is 2.10. The molecule has 0 saturated carbocycles. The topological polar surface area (TPSA) is 9.23 Å². The Kier molecular flexibility index (Phi) is 7.64. The van der Waals surface area contributed by atoms with E-state index in [9.17, 15) is 0 Å². The summed E-state index contributed by atoms with van der Waals surface area (Å²) < 4.78 is 5.43. The van der Waals surface area contributed by atoms with Crippen LogP contribution in [0.15, 0.2) is 11.0 Å². The number of rotatable bonds is 7. The van der Waals surface area contributed by atoms with Gasteiger partial charge in [0.25, 0.3) is 0 Å². The Bertz CT molecular complexity index is 158. The lowest BCUT2D eigenvalue weighted by atomic mass is 10.1. The minimum Gasteiger partial charge on any atom is -0.378 e. The van der Waals surface area contributed by atoms with E-state index >= 15 is 0 Å². The Hall–Kier alpha value is 0.232. The summed E-state index contributed by atoms with van der Waals surface area (Å²) in [6.07, 6.45) is 7.70. The van der Waals surface area contributed by atoms with Crippen molar-refractivity contribution in [3.63, 3.8) is 0 Å². The molecule has 1 nitrogen and oxygen atoms in total. The fraction of sp³-hybridized carbons (Fsp3) is 0.833. The van der Waals surface area contributed by atoms with Gasteiger partial charge in [0.05, 0.1) is 6.10 Å². The first-order chi connectivity index (χ1) is 6.49. The van der Waals surface area contributed by atoms with Crippen molar-refractivity contribution < 1.29 is 4.74 Å². The summed E-state index contributed by atoms with van der Waals surface area (Å²) in [5.41, 5.74) is 0. The molecule has 0 N–H and O–H groups in total. The lowest BCUT2D eigenvalue weighted by molar-refractivity contribution is 0.131. The van der Waals surface area contributed by atoms with E-state index in [1.165, 1.54) is 25.7 Å². The van der Waals surface area contributed by atoms with Crippen LogP contribution < -0.4 is 0 Å².